The van der Waals surface area contributed by atoms with Crippen molar-refractivity contribution in [3.63, 3.8) is 0 Å². The van der Waals surface area contributed by atoms with Gasteiger partial charge in [-0.3, -0.25) is 9.59 Å². The Kier molecular flexibility index (Phi) is 6.64. The van der Waals surface area contributed by atoms with Crippen LogP contribution in [0.3, 0.4) is 0 Å². The molecule has 0 unspecified atom stereocenters. The Hall–Kier alpha value is -3.45. The number of hydrogen-bond acceptors (Lipinski definition) is 4. The molecular formula is C26H25NO3. The van der Waals surface area contributed by atoms with Crippen LogP contribution in [-0.2, 0) is 4.79 Å². The SMILES string of the molecule is CC1=CC(C)=C(CCC(=O)c2ccc([C@H](C)Oc3ccc(C#N)cc3)cc2)C(=O)C1. The first-order valence-electron chi connectivity index (χ1n) is 10.1. The number of nitriles is 1. The van der Waals surface area contributed by atoms with E-state index >= 15 is 0 Å². The smallest absolute Gasteiger partial charge is 0.163 e. The molecule has 0 bridgehead atoms. The van der Waals surface area contributed by atoms with Crippen LogP contribution in [0.5, 0.6) is 5.75 Å². The third-order valence-corrected chi connectivity index (χ3v) is 5.32. The van der Waals surface area contributed by atoms with Crippen molar-refractivity contribution in [2.45, 2.75) is 46.1 Å². The fourth-order valence-corrected chi connectivity index (χ4v) is 3.63. The van der Waals surface area contributed by atoms with Gasteiger partial charge in [0.05, 0.1) is 11.6 Å². The summed E-state index contributed by atoms with van der Waals surface area (Å²) in [5, 5.41) is 8.87. The molecule has 2 aromatic rings. The third kappa shape index (κ3) is 5.12. The van der Waals surface area contributed by atoms with E-state index in [1.165, 1.54) is 0 Å². The van der Waals surface area contributed by atoms with Gasteiger partial charge in [0.25, 0.3) is 0 Å². The molecule has 0 N–H and O–H groups in total. The second-order valence-corrected chi connectivity index (χ2v) is 7.69. The molecule has 0 radical (unpaired) electrons. The van der Waals surface area contributed by atoms with Crippen molar-refractivity contribution in [1.29, 1.82) is 5.26 Å². The second kappa shape index (κ2) is 9.37. The number of carbonyl (C=O) groups excluding carboxylic acids is 2. The first-order chi connectivity index (χ1) is 14.4. The molecular weight excluding hydrogens is 374 g/mol. The highest BCUT2D eigenvalue weighted by atomic mass is 16.5. The van der Waals surface area contributed by atoms with Gasteiger partial charge in [0.2, 0.25) is 0 Å². The van der Waals surface area contributed by atoms with Crippen molar-refractivity contribution in [2.75, 3.05) is 0 Å². The van der Waals surface area contributed by atoms with E-state index in [0.29, 0.717) is 36.1 Å². The van der Waals surface area contributed by atoms with E-state index in [1.807, 2.05) is 51.1 Å². The summed E-state index contributed by atoms with van der Waals surface area (Å²) in [4.78, 5) is 24.8. The van der Waals surface area contributed by atoms with Crippen LogP contribution in [0.25, 0.3) is 0 Å². The molecule has 1 aliphatic rings. The minimum atomic E-state index is -0.190. The number of Topliss-reactive ketones (excluding diaryl/α,β-unsaturated/α-hetero) is 2. The average Bonchev–Trinajstić information content (AvgIpc) is 2.73. The summed E-state index contributed by atoms with van der Waals surface area (Å²) in [7, 11) is 0. The maximum absolute atomic E-state index is 12.6. The van der Waals surface area contributed by atoms with Crippen molar-refractivity contribution in [3.8, 4) is 11.8 Å². The number of ketones is 2. The number of allylic oxidation sites excluding steroid dienone is 4. The number of ether oxygens (including phenoxy) is 1. The first kappa shape index (κ1) is 21.3. The van der Waals surface area contributed by atoms with E-state index in [9.17, 15) is 9.59 Å². The summed E-state index contributed by atoms with van der Waals surface area (Å²) in [6.07, 6.45) is 3.09. The van der Waals surface area contributed by atoms with E-state index in [1.54, 1.807) is 24.3 Å². The van der Waals surface area contributed by atoms with E-state index in [4.69, 9.17) is 10.00 Å². The molecule has 4 heteroatoms. The molecule has 0 saturated heterocycles. The zero-order chi connectivity index (χ0) is 21.7. The lowest BCUT2D eigenvalue weighted by Crippen LogP contribution is -2.11. The first-order valence-corrected chi connectivity index (χ1v) is 10.1. The van der Waals surface area contributed by atoms with E-state index < -0.39 is 0 Å². The lowest BCUT2D eigenvalue weighted by atomic mass is 9.89. The molecule has 0 spiro atoms. The molecule has 0 heterocycles. The number of carbonyl (C=O) groups is 2. The summed E-state index contributed by atoms with van der Waals surface area (Å²) < 4.78 is 5.92. The number of hydrogen-bond donors (Lipinski definition) is 0. The molecule has 30 heavy (non-hydrogen) atoms. The Morgan fingerprint density at radius 1 is 1.10 bits per heavy atom. The normalized spacial score (nSPS) is 14.7. The molecule has 152 valence electrons. The van der Waals surface area contributed by atoms with Gasteiger partial charge in [0, 0.05) is 18.4 Å². The van der Waals surface area contributed by atoms with Crippen LogP contribution >= 0.6 is 0 Å². The van der Waals surface area contributed by atoms with Crippen molar-refractivity contribution >= 4 is 11.6 Å². The van der Waals surface area contributed by atoms with Gasteiger partial charge in [0.15, 0.2) is 11.6 Å². The molecule has 2 aromatic carbocycles. The fourth-order valence-electron chi connectivity index (χ4n) is 3.63. The van der Waals surface area contributed by atoms with Gasteiger partial charge in [-0.25, -0.2) is 0 Å². The van der Waals surface area contributed by atoms with Gasteiger partial charge < -0.3 is 4.74 Å². The van der Waals surface area contributed by atoms with E-state index in [0.717, 1.165) is 22.3 Å². The Bertz CT molecular complexity index is 1050. The molecule has 0 amide bonds. The maximum atomic E-state index is 12.6. The summed E-state index contributed by atoms with van der Waals surface area (Å²) in [6.45, 7) is 5.83. The zero-order valence-corrected chi connectivity index (χ0v) is 17.6. The molecule has 1 atom stereocenters. The zero-order valence-electron chi connectivity index (χ0n) is 17.6. The minimum absolute atomic E-state index is 0.0292. The summed E-state index contributed by atoms with van der Waals surface area (Å²) in [6, 6.07) is 16.5. The predicted molar refractivity (Wildman–Crippen MR) is 116 cm³/mol. The Morgan fingerprint density at radius 2 is 1.77 bits per heavy atom. The standard InChI is InChI=1S/C26H25NO3/c1-17-14-18(2)24(26(29)15-17)12-13-25(28)22-8-6-21(7-9-22)19(3)30-23-10-4-20(16-27)5-11-23/h4-11,14,19H,12-13,15H2,1-3H3/t19-/m0/s1. The van der Waals surface area contributed by atoms with Gasteiger partial charge in [-0.2, -0.15) is 5.26 Å². The van der Waals surface area contributed by atoms with Crippen molar-refractivity contribution in [3.05, 3.63) is 88.0 Å². The minimum Gasteiger partial charge on any atom is -0.486 e. The molecule has 0 aromatic heterocycles. The highest BCUT2D eigenvalue weighted by Gasteiger charge is 2.19. The van der Waals surface area contributed by atoms with E-state index in [2.05, 4.69) is 6.07 Å². The Morgan fingerprint density at radius 3 is 2.37 bits per heavy atom. The van der Waals surface area contributed by atoms with Crippen LogP contribution in [0, 0.1) is 11.3 Å². The predicted octanol–water partition coefficient (Wildman–Crippen LogP) is 5.90. The molecule has 0 aliphatic heterocycles. The Balaban J connectivity index is 1.60. The maximum Gasteiger partial charge on any atom is 0.163 e. The van der Waals surface area contributed by atoms with E-state index in [-0.39, 0.29) is 17.7 Å². The summed E-state index contributed by atoms with van der Waals surface area (Å²) in [5.74, 6) is 0.845. The number of benzene rings is 2. The van der Waals surface area contributed by atoms with Crippen LogP contribution in [0.2, 0.25) is 0 Å². The lowest BCUT2D eigenvalue weighted by molar-refractivity contribution is -0.115. The summed E-state index contributed by atoms with van der Waals surface area (Å²) in [5.41, 5.74) is 5.00. The quantitative estimate of drug-likeness (QED) is 0.544. The molecule has 3 rings (SSSR count). The van der Waals surface area contributed by atoms with Crippen molar-refractivity contribution in [2.24, 2.45) is 0 Å². The van der Waals surface area contributed by atoms with Crippen molar-refractivity contribution in [1.82, 2.24) is 0 Å². The van der Waals surface area contributed by atoms with Gasteiger partial charge in [-0.05, 0) is 68.2 Å². The monoisotopic (exact) mass is 399 g/mol. The number of nitrogens with zero attached hydrogens (tertiary/aromatic N) is 1. The molecule has 0 fully saturated rings. The Labute approximate surface area is 177 Å². The third-order valence-electron chi connectivity index (χ3n) is 5.32. The topological polar surface area (TPSA) is 67.2 Å². The molecule has 4 nitrogen and oxygen atoms in total. The van der Waals surface area contributed by atoms with Gasteiger partial charge in [-0.1, -0.05) is 35.9 Å². The highest BCUT2D eigenvalue weighted by molar-refractivity contribution is 6.01. The largest absolute Gasteiger partial charge is 0.486 e. The fraction of sp³-hybridized carbons (Fsp3) is 0.269. The van der Waals surface area contributed by atoms with Crippen LogP contribution in [0.15, 0.2) is 71.3 Å². The highest BCUT2D eigenvalue weighted by Crippen LogP contribution is 2.26. The van der Waals surface area contributed by atoms with Gasteiger partial charge >= 0.3 is 0 Å². The van der Waals surface area contributed by atoms with Crippen LogP contribution < -0.4 is 4.74 Å². The van der Waals surface area contributed by atoms with Crippen LogP contribution in [0.4, 0.5) is 0 Å². The number of rotatable bonds is 7. The van der Waals surface area contributed by atoms with Gasteiger partial charge in [-0.15, -0.1) is 0 Å². The molecule has 1 aliphatic carbocycles. The average molecular weight is 399 g/mol. The van der Waals surface area contributed by atoms with Crippen LogP contribution in [0.1, 0.15) is 67.6 Å². The lowest BCUT2D eigenvalue weighted by Gasteiger charge is -2.16. The van der Waals surface area contributed by atoms with Gasteiger partial charge in [0.1, 0.15) is 11.9 Å². The van der Waals surface area contributed by atoms with Crippen molar-refractivity contribution < 1.29 is 14.3 Å². The molecule has 0 saturated carbocycles. The second-order valence-electron chi connectivity index (χ2n) is 7.69. The summed E-state index contributed by atoms with van der Waals surface area (Å²) >= 11 is 0. The van der Waals surface area contributed by atoms with Crippen LogP contribution in [-0.4, -0.2) is 11.6 Å².